The highest BCUT2D eigenvalue weighted by molar-refractivity contribution is 7.99. The van der Waals surface area contributed by atoms with E-state index in [1.807, 2.05) is 11.8 Å². The van der Waals surface area contributed by atoms with Crippen molar-refractivity contribution in [1.29, 1.82) is 0 Å². The van der Waals surface area contributed by atoms with Crippen molar-refractivity contribution in [2.45, 2.75) is 20.0 Å². The number of aliphatic hydroxyl groups is 1. The number of halogens is 1. The van der Waals surface area contributed by atoms with E-state index in [1.54, 1.807) is 25.1 Å². The smallest absolute Gasteiger partial charge is 0.125 e. The molecule has 0 spiro atoms. The van der Waals surface area contributed by atoms with E-state index in [9.17, 15) is 5.11 Å². The van der Waals surface area contributed by atoms with Crippen LogP contribution in [-0.2, 0) is 0 Å². The predicted octanol–water partition coefficient (Wildman–Crippen LogP) is 3.53. The van der Waals surface area contributed by atoms with E-state index in [1.165, 1.54) is 0 Å². The molecule has 0 aliphatic heterocycles. The Morgan fingerprint density at radius 2 is 2.25 bits per heavy atom. The molecule has 0 radical (unpaired) electrons. The molecule has 1 atom stereocenters. The van der Waals surface area contributed by atoms with Gasteiger partial charge in [0.05, 0.1) is 12.7 Å². The Morgan fingerprint density at radius 3 is 2.88 bits per heavy atom. The molecule has 0 bridgehead atoms. The Hall–Kier alpha value is -0.380. The summed E-state index contributed by atoms with van der Waals surface area (Å²) in [5.74, 6) is 2.77. The van der Waals surface area contributed by atoms with Crippen LogP contribution in [0.15, 0.2) is 18.2 Å². The number of rotatable bonds is 6. The molecule has 1 unspecified atom stereocenters. The molecule has 0 saturated carbocycles. The van der Waals surface area contributed by atoms with Gasteiger partial charge in [0.1, 0.15) is 5.75 Å². The van der Waals surface area contributed by atoms with Gasteiger partial charge in [-0.15, -0.1) is 0 Å². The fraction of sp³-hybridized carbons (Fsp3) is 0.500. The average molecular weight is 261 g/mol. The number of benzene rings is 1. The standard InChI is InChI=1S/C12H17ClO2S/c1-3-16-7-6-15-12-5-4-10(13)8-11(12)9(2)14/h4-5,8-9,14H,3,6-7H2,1-2H3. The van der Waals surface area contributed by atoms with Crippen LogP contribution in [0.2, 0.25) is 5.02 Å². The fourth-order valence-electron chi connectivity index (χ4n) is 1.33. The van der Waals surface area contributed by atoms with Crippen LogP contribution in [0.3, 0.4) is 0 Å². The molecule has 0 aliphatic carbocycles. The van der Waals surface area contributed by atoms with E-state index in [4.69, 9.17) is 16.3 Å². The molecule has 0 saturated heterocycles. The number of hydrogen-bond acceptors (Lipinski definition) is 3. The van der Waals surface area contributed by atoms with Gasteiger partial charge in [-0.3, -0.25) is 0 Å². The molecule has 0 heterocycles. The SMILES string of the molecule is CCSCCOc1ccc(Cl)cc1C(C)O. The summed E-state index contributed by atoms with van der Waals surface area (Å²) in [6.45, 7) is 4.48. The van der Waals surface area contributed by atoms with Crippen molar-refractivity contribution in [2.24, 2.45) is 0 Å². The van der Waals surface area contributed by atoms with Gasteiger partial charge in [-0.1, -0.05) is 18.5 Å². The van der Waals surface area contributed by atoms with Gasteiger partial charge in [-0.05, 0) is 30.9 Å². The highest BCUT2D eigenvalue weighted by Gasteiger charge is 2.09. The minimum atomic E-state index is -0.562. The Balaban J connectivity index is 2.64. The van der Waals surface area contributed by atoms with Crippen molar-refractivity contribution in [3.05, 3.63) is 28.8 Å². The van der Waals surface area contributed by atoms with E-state index >= 15 is 0 Å². The van der Waals surface area contributed by atoms with Crippen molar-refractivity contribution in [1.82, 2.24) is 0 Å². The zero-order valence-corrected chi connectivity index (χ0v) is 11.1. The zero-order valence-electron chi connectivity index (χ0n) is 9.57. The third kappa shape index (κ3) is 4.24. The monoisotopic (exact) mass is 260 g/mol. The summed E-state index contributed by atoms with van der Waals surface area (Å²) >= 11 is 7.71. The summed E-state index contributed by atoms with van der Waals surface area (Å²) in [5, 5.41) is 10.2. The van der Waals surface area contributed by atoms with Crippen LogP contribution < -0.4 is 4.74 Å². The fourth-order valence-corrected chi connectivity index (χ4v) is 2.00. The van der Waals surface area contributed by atoms with E-state index < -0.39 is 6.10 Å². The summed E-state index contributed by atoms with van der Waals surface area (Å²) in [7, 11) is 0. The molecular weight excluding hydrogens is 244 g/mol. The molecule has 1 N–H and O–H groups in total. The normalized spacial score (nSPS) is 12.5. The van der Waals surface area contributed by atoms with Crippen LogP contribution in [0, 0.1) is 0 Å². The van der Waals surface area contributed by atoms with Gasteiger partial charge >= 0.3 is 0 Å². The van der Waals surface area contributed by atoms with Crippen molar-refractivity contribution in [3.63, 3.8) is 0 Å². The first-order valence-corrected chi connectivity index (χ1v) is 6.86. The second-order valence-corrected chi connectivity index (χ2v) is 5.23. The summed E-state index contributed by atoms with van der Waals surface area (Å²) in [5.41, 5.74) is 0.744. The lowest BCUT2D eigenvalue weighted by Crippen LogP contribution is -2.04. The van der Waals surface area contributed by atoms with Crippen molar-refractivity contribution in [3.8, 4) is 5.75 Å². The molecule has 90 valence electrons. The summed E-state index contributed by atoms with van der Waals surface area (Å²) < 4.78 is 5.62. The maximum absolute atomic E-state index is 9.59. The van der Waals surface area contributed by atoms with Crippen LogP contribution in [0.25, 0.3) is 0 Å². The van der Waals surface area contributed by atoms with Crippen LogP contribution in [0.1, 0.15) is 25.5 Å². The minimum Gasteiger partial charge on any atom is -0.492 e. The van der Waals surface area contributed by atoms with E-state index in [0.717, 1.165) is 22.8 Å². The molecule has 0 fully saturated rings. The average Bonchev–Trinajstić information content (AvgIpc) is 2.26. The molecule has 0 amide bonds. The van der Waals surface area contributed by atoms with Crippen molar-refractivity contribution >= 4 is 23.4 Å². The van der Waals surface area contributed by atoms with Crippen LogP contribution >= 0.6 is 23.4 Å². The Morgan fingerprint density at radius 1 is 1.50 bits per heavy atom. The first kappa shape index (κ1) is 13.7. The maximum atomic E-state index is 9.59. The first-order chi connectivity index (χ1) is 7.65. The van der Waals surface area contributed by atoms with Gasteiger partial charge in [0.25, 0.3) is 0 Å². The number of ether oxygens (including phenoxy) is 1. The van der Waals surface area contributed by atoms with Gasteiger partial charge in [-0.2, -0.15) is 11.8 Å². The summed E-state index contributed by atoms with van der Waals surface area (Å²) in [6.07, 6.45) is -0.562. The quantitative estimate of drug-likeness (QED) is 0.794. The van der Waals surface area contributed by atoms with Gasteiger partial charge in [0.15, 0.2) is 0 Å². The molecule has 0 aromatic heterocycles. The highest BCUT2D eigenvalue weighted by Crippen LogP contribution is 2.28. The highest BCUT2D eigenvalue weighted by atomic mass is 35.5. The summed E-state index contributed by atoms with van der Waals surface area (Å²) in [4.78, 5) is 0. The van der Waals surface area contributed by atoms with E-state index in [2.05, 4.69) is 6.92 Å². The van der Waals surface area contributed by atoms with E-state index in [0.29, 0.717) is 11.6 Å². The van der Waals surface area contributed by atoms with Gasteiger partial charge in [0, 0.05) is 16.3 Å². The number of hydrogen-bond donors (Lipinski definition) is 1. The lowest BCUT2D eigenvalue weighted by molar-refractivity contribution is 0.192. The molecule has 1 aromatic carbocycles. The Bertz CT molecular complexity index is 329. The molecule has 16 heavy (non-hydrogen) atoms. The van der Waals surface area contributed by atoms with Crippen molar-refractivity contribution < 1.29 is 9.84 Å². The topological polar surface area (TPSA) is 29.5 Å². The second kappa shape index (κ2) is 7.05. The van der Waals surface area contributed by atoms with Gasteiger partial charge < -0.3 is 9.84 Å². The molecule has 4 heteroatoms. The molecule has 2 nitrogen and oxygen atoms in total. The van der Waals surface area contributed by atoms with Crippen molar-refractivity contribution in [2.75, 3.05) is 18.1 Å². The van der Waals surface area contributed by atoms with Crippen LogP contribution in [0.5, 0.6) is 5.75 Å². The minimum absolute atomic E-state index is 0.562. The maximum Gasteiger partial charge on any atom is 0.125 e. The van der Waals surface area contributed by atoms with Crippen LogP contribution in [0.4, 0.5) is 0 Å². The lowest BCUT2D eigenvalue weighted by Gasteiger charge is -2.13. The molecular formula is C12H17ClO2S. The van der Waals surface area contributed by atoms with Crippen LogP contribution in [-0.4, -0.2) is 23.2 Å². The lowest BCUT2D eigenvalue weighted by atomic mass is 10.1. The Labute approximate surface area is 106 Å². The summed E-state index contributed by atoms with van der Waals surface area (Å²) in [6, 6.07) is 5.32. The largest absolute Gasteiger partial charge is 0.492 e. The molecule has 0 aliphatic rings. The second-order valence-electron chi connectivity index (χ2n) is 3.40. The first-order valence-electron chi connectivity index (χ1n) is 5.33. The number of thioether (sulfide) groups is 1. The predicted molar refractivity (Wildman–Crippen MR) is 70.6 cm³/mol. The van der Waals surface area contributed by atoms with Gasteiger partial charge in [-0.25, -0.2) is 0 Å². The van der Waals surface area contributed by atoms with Gasteiger partial charge in [0.2, 0.25) is 0 Å². The third-order valence-electron chi connectivity index (χ3n) is 2.11. The molecule has 1 aromatic rings. The Kier molecular flexibility index (Phi) is 6.03. The number of aliphatic hydroxyl groups excluding tert-OH is 1. The third-order valence-corrected chi connectivity index (χ3v) is 3.21. The molecule has 1 rings (SSSR count). The van der Waals surface area contributed by atoms with E-state index in [-0.39, 0.29) is 0 Å². The zero-order chi connectivity index (χ0) is 12.0.